The van der Waals surface area contributed by atoms with Crippen LogP contribution in [-0.2, 0) is 0 Å². The molecule has 0 aromatic carbocycles. The molecule has 3 aliphatic heterocycles. The van der Waals surface area contributed by atoms with Gasteiger partial charge < -0.3 is 15.1 Å². The molecular weight excluding hydrogens is 382 g/mol. The van der Waals surface area contributed by atoms with Gasteiger partial charge in [0.15, 0.2) is 5.82 Å². The third-order valence-corrected chi connectivity index (χ3v) is 7.58. The molecule has 3 aliphatic rings. The van der Waals surface area contributed by atoms with Crippen LogP contribution in [0, 0.1) is 12.3 Å². The number of likely N-dealkylation sites (tertiary alicyclic amines) is 1. The third kappa shape index (κ3) is 3.78. The summed E-state index contributed by atoms with van der Waals surface area (Å²) in [7, 11) is 2.23. The van der Waals surface area contributed by atoms with Gasteiger partial charge in [-0.1, -0.05) is 11.9 Å². The van der Waals surface area contributed by atoms with Crippen LogP contribution < -0.4 is 10.2 Å². The Balaban J connectivity index is 1.36. The Bertz CT molecular complexity index is 890. The molecular formula is C21H31N7S. The van der Waals surface area contributed by atoms with Gasteiger partial charge >= 0.3 is 0 Å². The number of anilines is 2. The van der Waals surface area contributed by atoms with Gasteiger partial charge in [-0.2, -0.15) is 0 Å². The number of aryl methyl sites for hydroxylation is 1. The van der Waals surface area contributed by atoms with Crippen molar-refractivity contribution in [1.82, 2.24) is 24.2 Å². The molecule has 2 aromatic heterocycles. The largest absolute Gasteiger partial charge is 0.353 e. The standard InChI is InChI=1S/C21H31N7S/c1-15-10-16-11-22-20(24-17-4-7-28(29-3)8-5-17)25-18(16)19(23-15)27-13-21(14-27)6-9-26(2)12-21/h10-11,17H,4-9,12-14H2,1-3H3,(H,22,24,25). The summed E-state index contributed by atoms with van der Waals surface area (Å²) in [5.74, 6) is 1.77. The highest BCUT2D eigenvalue weighted by molar-refractivity contribution is 7.96. The SMILES string of the molecule is CSN1CCC(Nc2ncc3cc(C)nc(N4CC5(CCN(C)C5)C4)c3n2)CC1. The zero-order valence-corrected chi connectivity index (χ0v) is 18.5. The second-order valence-electron chi connectivity index (χ2n) is 9.09. The van der Waals surface area contributed by atoms with Crippen molar-refractivity contribution in [1.29, 1.82) is 0 Å². The first kappa shape index (κ1) is 19.3. The zero-order chi connectivity index (χ0) is 20.0. The average Bonchev–Trinajstić information content (AvgIpc) is 3.09. The Morgan fingerprint density at radius 2 is 1.93 bits per heavy atom. The van der Waals surface area contributed by atoms with E-state index in [-0.39, 0.29) is 0 Å². The lowest BCUT2D eigenvalue weighted by Gasteiger charge is -2.49. The van der Waals surface area contributed by atoms with Crippen molar-refractivity contribution in [3.05, 3.63) is 18.0 Å². The number of pyridine rings is 1. The van der Waals surface area contributed by atoms with Gasteiger partial charge in [-0.15, -0.1) is 0 Å². The van der Waals surface area contributed by atoms with Gasteiger partial charge in [-0.25, -0.2) is 15.0 Å². The van der Waals surface area contributed by atoms with Gasteiger partial charge in [0.1, 0.15) is 5.52 Å². The molecule has 1 N–H and O–H groups in total. The van der Waals surface area contributed by atoms with Gasteiger partial charge in [0.25, 0.3) is 0 Å². The fourth-order valence-corrected chi connectivity index (χ4v) is 5.71. The fourth-order valence-electron chi connectivity index (χ4n) is 5.14. The Morgan fingerprint density at radius 3 is 2.62 bits per heavy atom. The van der Waals surface area contributed by atoms with E-state index < -0.39 is 0 Å². The minimum absolute atomic E-state index is 0.444. The van der Waals surface area contributed by atoms with Crippen LogP contribution in [0.1, 0.15) is 25.0 Å². The zero-order valence-electron chi connectivity index (χ0n) is 17.7. The van der Waals surface area contributed by atoms with E-state index in [1.165, 1.54) is 19.5 Å². The first-order valence-corrected chi connectivity index (χ1v) is 11.9. The molecule has 0 saturated carbocycles. The maximum atomic E-state index is 4.93. The second-order valence-corrected chi connectivity index (χ2v) is 9.97. The van der Waals surface area contributed by atoms with E-state index in [1.807, 2.05) is 18.1 Å². The predicted octanol–water partition coefficient (Wildman–Crippen LogP) is 2.63. The van der Waals surface area contributed by atoms with Gasteiger partial charge in [-0.05, 0) is 52.1 Å². The Labute approximate surface area is 177 Å². The number of aromatic nitrogens is 3. The third-order valence-electron chi connectivity index (χ3n) is 6.70. The van der Waals surface area contributed by atoms with Crippen molar-refractivity contribution in [2.75, 3.05) is 62.8 Å². The second kappa shape index (κ2) is 7.56. The molecule has 0 aliphatic carbocycles. The lowest BCUT2D eigenvalue weighted by molar-refractivity contribution is 0.217. The summed E-state index contributed by atoms with van der Waals surface area (Å²) in [6.07, 6.45) is 7.66. The number of nitrogens with zero attached hydrogens (tertiary/aromatic N) is 6. The van der Waals surface area contributed by atoms with Crippen LogP contribution in [0.4, 0.5) is 11.8 Å². The predicted molar refractivity (Wildman–Crippen MR) is 121 cm³/mol. The summed E-state index contributed by atoms with van der Waals surface area (Å²) in [5, 5.41) is 4.66. The van der Waals surface area contributed by atoms with E-state index in [9.17, 15) is 0 Å². The summed E-state index contributed by atoms with van der Waals surface area (Å²) in [6, 6.07) is 2.54. The average molecular weight is 414 g/mol. The van der Waals surface area contributed by atoms with Crippen molar-refractivity contribution in [3.8, 4) is 0 Å². The van der Waals surface area contributed by atoms with Crippen molar-refractivity contribution in [3.63, 3.8) is 0 Å². The molecule has 2 aromatic rings. The van der Waals surface area contributed by atoms with E-state index in [0.29, 0.717) is 11.5 Å². The smallest absolute Gasteiger partial charge is 0.223 e. The Kier molecular flexibility index (Phi) is 5.04. The molecule has 0 bridgehead atoms. The molecule has 5 rings (SSSR count). The number of rotatable bonds is 4. The van der Waals surface area contributed by atoms with E-state index in [1.54, 1.807) is 0 Å². The molecule has 5 heterocycles. The van der Waals surface area contributed by atoms with Crippen LogP contribution in [0.5, 0.6) is 0 Å². The molecule has 8 heteroatoms. The molecule has 0 atom stereocenters. The van der Waals surface area contributed by atoms with Crippen LogP contribution in [-0.4, -0.2) is 82.8 Å². The van der Waals surface area contributed by atoms with Crippen molar-refractivity contribution in [2.24, 2.45) is 5.41 Å². The van der Waals surface area contributed by atoms with Gasteiger partial charge in [0.05, 0.1) is 0 Å². The maximum absolute atomic E-state index is 4.93. The van der Waals surface area contributed by atoms with Crippen molar-refractivity contribution in [2.45, 2.75) is 32.2 Å². The molecule has 1 spiro atoms. The minimum atomic E-state index is 0.444. The fraction of sp³-hybridized carbons (Fsp3) is 0.667. The van der Waals surface area contributed by atoms with Crippen LogP contribution in [0.3, 0.4) is 0 Å². The van der Waals surface area contributed by atoms with E-state index in [4.69, 9.17) is 9.97 Å². The molecule has 0 amide bonds. The Morgan fingerprint density at radius 1 is 1.14 bits per heavy atom. The highest BCUT2D eigenvalue weighted by Gasteiger charge is 2.47. The summed E-state index contributed by atoms with van der Waals surface area (Å²) in [4.78, 5) is 19.3. The maximum Gasteiger partial charge on any atom is 0.223 e. The van der Waals surface area contributed by atoms with Gasteiger partial charge in [0.2, 0.25) is 5.95 Å². The Hall–Kier alpha value is -1.64. The van der Waals surface area contributed by atoms with Crippen LogP contribution >= 0.6 is 11.9 Å². The van der Waals surface area contributed by atoms with Crippen molar-refractivity contribution >= 4 is 34.6 Å². The van der Waals surface area contributed by atoms with Crippen LogP contribution in [0.2, 0.25) is 0 Å². The summed E-state index contributed by atoms with van der Waals surface area (Å²) < 4.78 is 2.42. The van der Waals surface area contributed by atoms with E-state index in [0.717, 1.165) is 67.4 Å². The number of hydrogen-bond donors (Lipinski definition) is 1. The molecule has 3 fully saturated rings. The number of fused-ring (bicyclic) bond motifs is 1. The van der Waals surface area contributed by atoms with Crippen molar-refractivity contribution < 1.29 is 0 Å². The number of piperidine rings is 1. The first-order chi connectivity index (χ1) is 14.0. The summed E-state index contributed by atoms with van der Waals surface area (Å²) in [5.41, 5.74) is 2.47. The highest BCUT2D eigenvalue weighted by Crippen LogP contribution is 2.42. The molecule has 0 unspecified atom stereocenters. The lowest BCUT2D eigenvalue weighted by Crippen LogP contribution is -2.58. The summed E-state index contributed by atoms with van der Waals surface area (Å²) >= 11 is 1.84. The normalized spacial score (nSPS) is 23.1. The molecule has 3 saturated heterocycles. The van der Waals surface area contributed by atoms with Gasteiger partial charge in [-0.3, -0.25) is 4.31 Å². The highest BCUT2D eigenvalue weighted by atomic mass is 32.2. The molecule has 7 nitrogen and oxygen atoms in total. The van der Waals surface area contributed by atoms with Crippen LogP contribution in [0.25, 0.3) is 10.9 Å². The molecule has 0 radical (unpaired) electrons. The van der Waals surface area contributed by atoms with E-state index >= 15 is 0 Å². The lowest BCUT2D eigenvalue weighted by atomic mass is 9.79. The molecule has 29 heavy (non-hydrogen) atoms. The number of hydrogen-bond acceptors (Lipinski definition) is 8. The first-order valence-electron chi connectivity index (χ1n) is 10.7. The monoisotopic (exact) mass is 413 g/mol. The van der Waals surface area contributed by atoms with Crippen LogP contribution in [0.15, 0.2) is 12.3 Å². The topological polar surface area (TPSA) is 60.4 Å². The molecule has 156 valence electrons. The minimum Gasteiger partial charge on any atom is -0.353 e. The summed E-state index contributed by atoms with van der Waals surface area (Å²) in [6.45, 7) is 8.87. The van der Waals surface area contributed by atoms with Gasteiger partial charge in [0, 0.05) is 61.5 Å². The number of nitrogens with one attached hydrogen (secondary N) is 1. The van der Waals surface area contributed by atoms with E-state index in [2.05, 4.69) is 50.7 Å². The quantitative estimate of drug-likeness (QED) is 0.768.